The molecule has 74 valence electrons. The summed E-state index contributed by atoms with van der Waals surface area (Å²) in [6, 6.07) is 7.39. The number of nitrogens with one attached hydrogen (secondary N) is 1. The van der Waals surface area contributed by atoms with E-state index in [9.17, 15) is 4.79 Å². The summed E-state index contributed by atoms with van der Waals surface area (Å²) < 4.78 is 0. The largest absolute Gasteiger partial charge is 0.364 e. The van der Waals surface area contributed by atoms with Crippen molar-refractivity contribution in [2.75, 3.05) is 0 Å². The van der Waals surface area contributed by atoms with Crippen molar-refractivity contribution < 1.29 is 4.79 Å². The van der Waals surface area contributed by atoms with Crippen LogP contribution in [0, 0.1) is 0 Å². The molecule has 0 aliphatic rings. The lowest BCUT2D eigenvalue weighted by molar-refractivity contribution is 0.0996. The summed E-state index contributed by atoms with van der Waals surface area (Å²) in [6.45, 7) is 0. The second kappa shape index (κ2) is 3.90. The smallest absolute Gasteiger partial charge is 0.266 e. The number of rotatable bonds is 1. The Morgan fingerprint density at radius 1 is 1.36 bits per heavy atom. The van der Waals surface area contributed by atoms with E-state index in [2.05, 4.69) is 4.98 Å². The van der Waals surface area contributed by atoms with Crippen LogP contribution in [0.3, 0.4) is 0 Å². The molecule has 3 N–H and O–H groups in total. The first-order valence-corrected chi connectivity index (χ1v) is 4.14. The molecule has 14 heavy (non-hydrogen) atoms. The van der Waals surface area contributed by atoms with Crippen molar-refractivity contribution in [2.24, 2.45) is 5.73 Å². The molecule has 0 fully saturated rings. The monoisotopic (exact) mass is 230 g/mol. The zero-order valence-corrected chi connectivity index (χ0v) is 8.65. The maximum atomic E-state index is 10.9. The van der Waals surface area contributed by atoms with Crippen LogP contribution in [0.25, 0.3) is 10.9 Å². The molecule has 3 nitrogen and oxygen atoms in total. The van der Waals surface area contributed by atoms with Crippen LogP contribution in [0.4, 0.5) is 0 Å². The first-order chi connectivity index (χ1) is 6.20. The van der Waals surface area contributed by atoms with Gasteiger partial charge >= 0.3 is 0 Å². The van der Waals surface area contributed by atoms with Crippen molar-refractivity contribution in [3.05, 3.63) is 35.0 Å². The van der Waals surface area contributed by atoms with Gasteiger partial charge in [-0.05, 0) is 6.07 Å². The molecule has 1 heterocycles. The van der Waals surface area contributed by atoms with Crippen molar-refractivity contribution in [3.63, 3.8) is 0 Å². The lowest BCUT2D eigenvalue weighted by Crippen LogP contribution is -2.11. The van der Waals surface area contributed by atoms with Crippen LogP contribution < -0.4 is 5.73 Å². The number of amides is 1. The highest BCUT2D eigenvalue weighted by molar-refractivity contribution is 6.38. The normalized spacial score (nSPS) is 9.79. The number of para-hydroxylation sites is 1. The zero-order chi connectivity index (χ0) is 9.42. The Balaban J connectivity index is 0.000000980. The van der Waals surface area contributed by atoms with Crippen molar-refractivity contribution >= 4 is 40.8 Å². The first kappa shape index (κ1) is 10.9. The third-order valence-electron chi connectivity index (χ3n) is 1.89. The van der Waals surface area contributed by atoms with E-state index in [-0.39, 0.29) is 18.1 Å². The minimum Gasteiger partial charge on any atom is -0.364 e. The number of aromatic nitrogens is 1. The number of aromatic amines is 1. The SMILES string of the molecule is Cl.NC(=O)c1[nH]c2ccccc2c1Cl. The predicted molar refractivity (Wildman–Crippen MR) is 59.1 cm³/mol. The summed E-state index contributed by atoms with van der Waals surface area (Å²) >= 11 is 5.92. The number of hydrogen-bond acceptors (Lipinski definition) is 1. The summed E-state index contributed by atoms with van der Waals surface area (Å²) in [6.07, 6.45) is 0. The Kier molecular flexibility index (Phi) is 3.03. The molecule has 0 aliphatic heterocycles. The molecule has 5 heteroatoms. The van der Waals surface area contributed by atoms with Gasteiger partial charge in [0.15, 0.2) is 0 Å². The van der Waals surface area contributed by atoms with Gasteiger partial charge in [0.25, 0.3) is 5.91 Å². The van der Waals surface area contributed by atoms with Gasteiger partial charge in [0.1, 0.15) is 5.69 Å². The molecule has 0 unspecified atom stereocenters. The number of H-pyrrole nitrogens is 1. The predicted octanol–water partition coefficient (Wildman–Crippen LogP) is 2.34. The Morgan fingerprint density at radius 3 is 2.57 bits per heavy atom. The lowest BCUT2D eigenvalue weighted by atomic mass is 10.2. The highest BCUT2D eigenvalue weighted by Gasteiger charge is 2.12. The fraction of sp³-hybridized carbons (Fsp3) is 0. The molecule has 1 aromatic heterocycles. The molecular formula is C9H8Cl2N2O. The molecular weight excluding hydrogens is 223 g/mol. The van der Waals surface area contributed by atoms with Crippen molar-refractivity contribution in [3.8, 4) is 0 Å². The van der Waals surface area contributed by atoms with E-state index in [1.54, 1.807) is 0 Å². The second-order valence-corrected chi connectivity index (χ2v) is 3.10. The number of halogens is 2. The third-order valence-corrected chi connectivity index (χ3v) is 2.28. The van der Waals surface area contributed by atoms with Crippen molar-refractivity contribution in [1.29, 1.82) is 0 Å². The van der Waals surface area contributed by atoms with Crippen molar-refractivity contribution in [1.82, 2.24) is 4.98 Å². The molecule has 0 spiro atoms. The van der Waals surface area contributed by atoms with E-state index in [4.69, 9.17) is 17.3 Å². The van der Waals surface area contributed by atoms with Gasteiger partial charge in [0.2, 0.25) is 0 Å². The Hall–Kier alpha value is -1.19. The van der Waals surface area contributed by atoms with Crippen LogP contribution in [0.2, 0.25) is 5.02 Å². The summed E-state index contributed by atoms with van der Waals surface area (Å²) in [5.41, 5.74) is 6.21. The van der Waals surface area contributed by atoms with Crippen LogP contribution >= 0.6 is 24.0 Å². The highest BCUT2D eigenvalue weighted by Crippen LogP contribution is 2.26. The first-order valence-electron chi connectivity index (χ1n) is 3.76. The molecule has 1 aromatic carbocycles. The second-order valence-electron chi connectivity index (χ2n) is 2.72. The number of carbonyl (C=O) groups excluding carboxylic acids is 1. The molecule has 0 saturated carbocycles. The lowest BCUT2D eigenvalue weighted by Gasteiger charge is -1.88. The van der Waals surface area contributed by atoms with Crippen LogP contribution in [0.5, 0.6) is 0 Å². The molecule has 0 radical (unpaired) electrons. The Labute approximate surface area is 91.6 Å². The van der Waals surface area contributed by atoms with E-state index in [0.717, 1.165) is 10.9 Å². The maximum Gasteiger partial charge on any atom is 0.266 e. The minimum atomic E-state index is -0.541. The van der Waals surface area contributed by atoms with E-state index in [1.807, 2.05) is 24.3 Å². The molecule has 0 aliphatic carbocycles. The molecule has 0 bridgehead atoms. The van der Waals surface area contributed by atoms with E-state index >= 15 is 0 Å². The third kappa shape index (κ3) is 1.56. The van der Waals surface area contributed by atoms with E-state index < -0.39 is 5.91 Å². The quantitative estimate of drug-likeness (QED) is 0.777. The molecule has 0 saturated heterocycles. The van der Waals surface area contributed by atoms with Gasteiger partial charge in [-0.2, -0.15) is 0 Å². The van der Waals surface area contributed by atoms with Gasteiger partial charge in [-0.25, -0.2) is 0 Å². The maximum absolute atomic E-state index is 10.9. The van der Waals surface area contributed by atoms with Crippen molar-refractivity contribution in [2.45, 2.75) is 0 Å². The number of carbonyl (C=O) groups is 1. The van der Waals surface area contributed by atoms with Gasteiger partial charge < -0.3 is 10.7 Å². The number of nitrogens with two attached hydrogens (primary N) is 1. The molecule has 2 aromatic rings. The average molecular weight is 231 g/mol. The molecule has 0 atom stereocenters. The Morgan fingerprint density at radius 2 is 2.00 bits per heavy atom. The fourth-order valence-electron chi connectivity index (χ4n) is 1.28. The summed E-state index contributed by atoms with van der Waals surface area (Å²) in [5, 5.41) is 1.21. The van der Waals surface area contributed by atoms with Gasteiger partial charge in [0.05, 0.1) is 5.02 Å². The topological polar surface area (TPSA) is 58.9 Å². The minimum absolute atomic E-state index is 0. The fourth-order valence-corrected chi connectivity index (χ4v) is 1.58. The van der Waals surface area contributed by atoms with Gasteiger partial charge in [0, 0.05) is 10.9 Å². The standard InChI is InChI=1S/C9H7ClN2O.ClH/c10-7-5-3-1-2-4-6(5)12-8(7)9(11)13;/h1-4,12H,(H2,11,13);1H. The summed E-state index contributed by atoms with van der Waals surface area (Å²) in [4.78, 5) is 13.8. The van der Waals surface area contributed by atoms with Crippen LogP contribution in [-0.2, 0) is 0 Å². The summed E-state index contributed by atoms with van der Waals surface area (Å²) in [5.74, 6) is -0.541. The Bertz CT molecular complexity index is 479. The van der Waals surface area contributed by atoms with Gasteiger partial charge in [-0.3, -0.25) is 4.79 Å². The van der Waals surface area contributed by atoms with E-state index in [1.165, 1.54) is 0 Å². The highest BCUT2D eigenvalue weighted by atomic mass is 35.5. The zero-order valence-electron chi connectivity index (χ0n) is 7.08. The number of primary amides is 1. The van der Waals surface area contributed by atoms with Gasteiger partial charge in [-0.15, -0.1) is 12.4 Å². The average Bonchev–Trinajstić information content (AvgIpc) is 2.45. The van der Waals surface area contributed by atoms with Crippen LogP contribution in [-0.4, -0.2) is 10.9 Å². The summed E-state index contributed by atoms with van der Waals surface area (Å²) in [7, 11) is 0. The van der Waals surface area contributed by atoms with Gasteiger partial charge in [-0.1, -0.05) is 29.8 Å². The number of hydrogen-bond donors (Lipinski definition) is 2. The number of fused-ring (bicyclic) bond motifs is 1. The molecule has 2 rings (SSSR count). The van der Waals surface area contributed by atoms with Crippen LogP contribution in [0.1, 0.15) is 10.5 Å². The van der Waals surface area contributed by atoms with Crippen LogP contribution in [0.15, 0.2) is 24.3 Å². The number of benzene rings is 1. The molecule has 1 amide bonds. The van der Waals surface area contributed by atoms with E-state index in [0.29, 0.717) is 5.02 Å².